The first-order valence-corrected chi connectivity index (χ1v) is 6.21. The highest BCUT2D eigenvalue weighted by Crippen LogP contribution is 2.30. The number of H-pyrrole nitrogens is 1. The summed E-state index contributed by atoms with van der Waals surface area (Å²) in [6.45, 7) is 0. The quantitative estimate of drug-likeness (QED) is 0.810. The van der Waals surface area contributed by atoms with Gasteiger partial charge in [-0.1, -0.05) is 18.2 Å². The zero-order valence-corrected chi connectivity index (χ0v) is 10.3. The van der Waals surface area contributed by atoms with Crippen molar-refractivity contribution in [1.29, 1.82) is 0 Å². The molecule has 94 valence electrons. The van der Waals surface area contributed by atoms with Crippen LogP contribution in [0.15, 0.2) is 24.3 Å². The van der Waals surface area contributed by atoms with Gasteiger partial charge in [-0.3, -0.25) is 0 Å². The number of nitrogens with one attached hydrogen (secondary N) is 1. The van der Waals surface area contributed by atoms with Gasteiger partial charge in [0.2, 0.25) is 0 Å². The summed E-state index contributed by atoms with van der Waals surface area (Å²) in [5.41, 5.74) is 3.71. The summed E-state index contributed by atoms with van der Waals surface area (Å²) in [7, 11) is 1.65. The molecule has 1 unspecified atom stereocenters. The Hall–Kier alpha value is -1.97. The number of benzene rings is 1. The minimum atomic E-state index is -0.848. The van der Waals surface area contributed by atoms with Crippen molar-refractivity contribution >= 4 is 17.0 Å². The molecule has 0 bridgehead atoms. The molecule has 1 aromatic heterocycles. The Morgan fingerprint density at radius 1 is 1.44 bits per heavy atom. The van der Waals surface area contributed by atoms with Gasteiger partial charge >= 0.3 is 6.09 Å². The SMILES string of the molecule is CN(C(=O)O)C1CCc2c([nH]c3ccccc23)C1. The van der Waals surface area contributed by atoms with E-state index in [0.717, 1.165) is 24.8 Å². The fourth-order valence-electron chi connectivity index (χ4n) is 2.85. The van der Waals surface area contributed by atoms with Crippen LogP contribution >= 0.6 is 0 Å². The summed E-state index contributed by atoms with van der Waals surface area (Å²) in [6, 6.07) is 8.36. The van der Waals surface area contributed by atoms with E-state index >= 15 is 0 Å². The van der Waals surface area contributed by atoms with E-state index in [1.807, 2.05) is 12.1 Å². The third-order valence-corrected chi connectivity index (χ3v) is 3.92. The fourth-order valence-corrected chi connectivity index (χ4v) is 2.85. The second-order valence-corrected chi connectivity index (χ2v) is 4.92. The van der Waals surface area contributed by atoms with Crippen LogP contribution in [-0.4, -0.2) is 34.2 Å². The third kappa shape index (κ3) is 1.65. The van der Waals surface area contributed by atoms with Crippen molar-refractivity contribution in [2.24, 2.45) is 0 Å². The molecule has 1 aliphatic rings. The molecule has 18 heavy (non-hydrogen) atoms. The lowest BCUT2D eigenvalue weighted by molar-refractivity contribution is 0.134. The molecule has 0 aliphatic heterocycles. The topological polar surface area (TPSA) is 56.3 Å². The number of aryl methyl sites for hydroxylation is 1. The van der Waals surface area contributed by atoms with Crippen LogP contribution in [-0.2, 0) is 12.8 Å². The van der Waals surface area contributed by atoms with E-state index in [2.05, 4.69) is 17.1 Å². The predicted octanol–water partition coefficient (Wildman–Crippen LogP) is 2.64. The van der Waals surface area contributed by atoms with Crippen molar-refractivity contribution in [3.8, 4) is 0 Å². The number of rotatable bonds is 1. The number of para-hydroxylation sites is 1. The van der Waals surface area contributed by atoms with E-state index in [1.165, 1.54) is 21.5 Å². The van der Waals surface area contributed by atoms with Crippen molar-refractivity contribution in [3.63, 3.8) is 0 Å². The van der Waals surface area contributed by atoms with Crippen LogP contribution in [0.5, 0.6) is 0 Å². The van der Waals surface area contributed by atoms with Crippen LogP contribution in [0.3, 0.4) is 0 Å². The molecule has 1 heterocycles. The van der Waals surface area contributed by atoms with Crippen molar-refractivity contribution < 1.29 is 9.90 Å². The van der Waals surface area contributed by atoms with Crippen LogP contribution in [0.25, 0.3) is 10.9 Å². The second-order valence-electron chi connectivity index (χ2n) is 4.92. The zero-order chi connectivity index (χ0) is 12.7. The van der Waals surface area contributed by atoms with Crippen LogP contribution in [0, 0.1) is 0 Å². The maximum Gasteiger partial charge on any atom is 0.407 e. The van der Waals surface area contributed by atoms with Gasteiger partial charge in [-0.2, -0.15) is 0 Å². The van der Waals surface area contributed by atoms with Gasteiger partial charge in [0.15, 0.2) is 0 Å². The summed E-state index contributed by atoms with van der Waals surface area (Å²) in [6.07, 6.45) is 1.78. The molecule has 1 aliphatic carbocycles. The molecule has 4 nitrogen and oxygen atoms in total. The molecule has 3 rings (SSSR count). The first-order valence-electron chi connectivity index (χ1n) is 6.21. The highest BCUT2D eigenvalue weighted by atomic mass is 16.4. The Balaban J connectivity index is 1.96. The van der Waals surface area contributed by atoms with Crippen LogP contribution < -0.4 is 0 Å². The molecule has 4 heteroatoms. The van der Waals surface area contributed by atoms with Gasteiger partial charge < -0.3 is 15.0 Å². The smallest absolute Gasteiger partial charge is 0.407 e. The van der Waals surface area contributed by atoms with Gasteiger partial charge in [-0.05, 0) is 24.5 Å². The lowest BCUT2D eigenvalue weighted by Crippen LogP contribution is -2.39. The summed E-state index contributed by atoms with van der Waals surface area (Å²) in [4.78, 5) is 15.8. The molecule has 1 atom stereocenters. The Morgan fingerprint density at radius 2 is 2.22 bits per heavy atom. The van der Waals surface area contributed by atoms with Gasteiger partial charge in [0.1, 0.15) is 0 Å². The second kappa shape index (κ2) is 4.05. The lowest BCUT2D eigenvalue weighted by Gasteiger charge is -2.29. The summed E-state index contributed by atoms with van der Waals surface area (Å²) in [5, 5.41) is 10.3. The van der Waals surface area contributed by atoms with E-state index < -0.39 is 6.09 Å². The molecular formula is C14H16N2O2. The van der Waals surface area contributed by atoms with Crippen molar-refractivity contribution in [2.75, 3.05) is 7.05 Å². The number of aromatic amines is 1. The molecular weight excluding hydrogens is 228 g/mol. The number of hydrogen-bond donors (Lipinski definition) is 2. The molecule has 1 amide bonds. The van der Waals surface area contributed by atoms with Crippen molar-refractivity contribution in [3.05, 3.63) is 35.5 Å². The number of carboxylic acid groups (broad SMARTS) is 1. The van der Waals surface area contributed by atoms with Crippen molar-refractivity contribution in [1.82, 2.24) is 9.88 Å². The fraction of sp³-hybridized carbons (Fsp3) is 0.357. The maximum atomic E-state index is 11.0. The Kier molecular flexibility index (Phi) is 2.51. The van der Waals surface area contributed by atoms with E-state index in [-0.39, 0.29) is 6.04 Å². The number of nitrogens with zero attached hydrogens (tertiary/aromatic N) is 1. The molecule has 0 spiro atoms. The van der Waals surface area contributed by atoms with Crippen LogP contribution in [0.2, 0.25) is 0 Å². The molecule has 1 aromatic carbocycles. The van der Waals surface area contributed by atoms with Gasteiger partial charge in [0, 0.05) is 36.1 Å². The van der Waals surface area contributed by atoms with Crippen LogP contribution in [0.1, 0.15) is 17.7 Å². The number of hydrogen-bond acceptors (Lipinski definition) is 1. The first kappa shape index (κ1) is 11.1. The number of carbonyl (C=O) groups is 1. The zero-order valence-electron chi connectivity index (χ0n) is 10.3. The highest BCUT2D eigenvalue weighted by molar-refractivity contribution is 5.85. The minimum Gasteiger partial charge on any atom is -0.465 e. The third-order valence-electron chi connectivity index (χ3n) is 3.92. The molecule has 0 saturated heterocycles. The molecule has 0 fully saturated rings. The highest BCUT2D eigenvalue weighted by Gasteiger charge is 2.26. The first-order chi connectivity index (χ1) is 8.66. The number of amides is 1. The van der Waals surface area contributed by atoms with Crippen molar-refractivity contribution in [2.45, 2.75) is 25.3 Å². The van der Waals surface area contributed by atoms with Gasteiger partial charge in [0.25, 0.3) is 0 Å². The number of likely N-dealkylation sites (N-methyl/N-ethyl adjacent to an activating group) is 1. The number of fused-ring (bicyclic) bond motifs is 3. The Morgan fingerprint density at radius 3 is 3.00 bits per heavy atom. The monoisotopic (exact) mass is 244 g/mol. The normalized spacial score (nSPS) is 18.6. The van der Waals surface area contributed by atoms with Crippen LogP contribution in [0.4, 0.5) is 4.79 Å². The van der Waals surface area contributed by atoms with Gasteiger partial charge in [-0.15, -0.1) is 0 Å². The van der Waals surface area contributed by atoms with Gasteiger partial charge in [-0.25, -0.2) is 4.79 Å². The predicted molar refractivity (Wildman–Crippen MR) is 69.9 cm³/mol. The van der Waals surface area contributed by atoms with E-state index in [1.54, 1.807) is 7.05 Å². The molecule has 2 aromatic rings. The molecule has 0 radical (unpaired) electrons. The maximum absolute atomic E-state index is 11.0. The largest absolute Gasteiger partial charge is 0.465 e. The summed E-state index contributed by atoms with van der Waals surface area (Å²) >= 11 is 0. The number of aromatic nitrogens is 1. The minimum absolute atomic E-state index is 0.0862. The molecule has 2 N–H and O–H groups in total. The average Bonchev–Trinajstić information content (AvgIpc) is 2.75. The lowest BCUT2D eigenvalue weighted by atomic mass is 9.91. The summed E-state index contributed by atoms with van der Waals surface area (Å²) in [5.74, 6) is 0. The van der Waals surface area contributed by atoms with E-state index in [9.17, 15) is 4.79 Å². The Bertz CT molecular complexity index is 603. The average molecular weight is 244 g/mol. The van der Waals surface area contributed by atoms with Gasteiger partial charge in [0.05, 0.1) is 0 Å². The summed E-state index contributed by atoms with van der Waals surface area (Å²) < 4.78 is 0. The van der Waals surface area contributed by atoms with E-state index in [0.29, 0.717) is 0 Å². The Labute approximate surface area is 105 Å². The van der Waals surface area contributed by atoms with E-state index in [4.69, 9.17) is 5.11 Å². The standard InChI is InChI=1S/C14H16N2O2/c1-16(14(17)18)9-6-7-11-10-4-2-3-5-12(10)15-13(11)8-9/h2-5,9,15H,6-8H2,1H3,(H,17,18). The molecule has 0 saturated carbocycles.